The molecular formula is C4H6BF4LiO2. The van der Waals surface area contributed by atoms with Gasteiger partial charge in [-0.3, -0.25) is 0 Å². The van der Waals surface area contributed by atoms with Crippen LogP contribution in [0.5, 0.6) is 0 Å². The van der Waals surface area contributed by atoms with Crippen molar-refractivity contribution in [1.29, 1.82) is 0 Å². The number of hydrogen-bond acceptors (Lipinski definition) is 1. The number of hydrogen-bond donors (Lipinski definition) is 1. The smallest absolute Gasteiger partial charge is 0.478 e. The van der Waals surface area contributed by atoms with Crippen LogP contribution in [0.4, 0.5) is 17.3 Å². The van der Waals surface area contributed by atoms with E-state index in [9.17, 15) is 22.1 Å². The third kappa shape index (κ3) is 54.9. The van der Waals surface area contributed by atoms with Crippen LogP contribution in [-0.2, 0) is 4.79 Å². The largest absolute Gasteiger partial charge is 1.00 e. The molecular weight excluding hydrogens is 174 g/mol. The number of carbonyl (C=O) groups is 1. The van der Waals surface area contributed by atoms with Crippen molar-refractivity contribution >= 4 is 13.2 Å². The summed E-state index contributed by atoms with van der Waals surface area (Å²) in [7, 11) is -6.00. The monoisotopic (exact) mass is 180 g/mol. The molecule has 8 heteroatoms. The van der Waals surface area contributed by atoms with Crippen LogP contribution in [0, 0.1) is 0 Å². The van der Waals surface area contributed by atoms with Gasteiger partial charge in [0.05, 0.1) is 0 Å². The molecule has 0 amide bonds. The molecule has 66 valence electrons. The first-order valence-electron chi connectivity index (χ1n) is 2.40. The maximum atomic E-state index is 9.75. The Morgan fingerprint density at radius 1 is 1.33 bits per heavy atom. The summed E-state index contributed by atoms with van der Waals surface area (Å²) in [5, 5.41) is 7.89. The van der Waals surface area contributed by atoms with Gasteiger partial charge >= 0.3 is 32.1 Å². The standard InChI is InChI=1S/C4H6O2.BF4.Li/c1-3(2)4(5)6;2-1(3,4)5;/h1H2,2H3,(H,5,6);;/q;-1;+1. The zero-order valence-corrected chi connectivity index (χ0v) is 6.65. The summed E-state index contributed by atoms with van der Waals surface area (Å²) >= 11 is 0. The molecule has 1 N–H and O–H groups in total. The van der Waals surface area contributed by atoms with Gasteiger partial charge in [-0.25, -0.2) is 4.79 Å². The van der Waals surface area contributed by atoms with Crippen LogP contribution in [0.2, 0.25) is 0 Å². The minimum Gasteiger partial charge on any atom is -0.478 e. The average molecular weight is 180 g/mol. The second kappa shape index (κ2) is 7.25. The van der Waals surface area contributed by atoms with Crippen LogP contribution in [-0.4, -0.2) is 18.3 Å². The predicted molar refractivity (Wildman–Crippen MR) is 32.6 cm³/mol. The fraction of sp³-hybridized carbons (Fsp3) is 0.250. The van der Waals surface area contributed by atoms with Crippen LogP contribution in [0.25, 0.3) is 0 Å². The van der Waals surface area contributed by atoms with Gasteiger partial charge in [0, 0.05) is 5.57 Å². The fourth-order valence-corrected chi connectivity index (χ4v) is 0. The normalized spacial score (nSPS) is 8.75. The predicted octanol–water partition coefficient (Wildman–Crippen LogP) is -1.05. The van der Waals surface area contributed by atoms with Gasteiger partial charge in [-0.1, -0.05) is 6.58 Å². The molecule has 0 saturated carbocycles. The van der Waals surface area contributed by atoms with Crippen molar-refractivity contribution in [3.8, 4) is 0 Å². The van der Waals surface area contributed by atoms with Gasteiger partial charge in [0.15, 0.2) is 0 Å². The molecule has 0 aliphatic heterocycles. The molecule has 0 saturated heterocycles. The van der Waals surface area contributed by atoms with Gasteiger partial charge in [-0.05, 0) is 6.92 Å². The van der Waals surface area contributed by atoms with Crippen molar-refractivity contribution in [3.63, 3.8) is 0 Å². The van der Waals surface area contributed by atoms with E-state index in [1.807, 2.05) is 0 Å². The Labute approximate surface area is 78.9 Å². The second-order valence-corrected chi connectivity index (χ2v) is 1.58. The number of halogens is 4. The fourth-order valence-electron chi connectivity index (χ4n) is 0. The van der Waals surface area contributed by atoms with Crippen LogP contribution in [0.1, 0.15) is 6.92 Å². The average Bonchev–Trinajstić information content (AvgIpc) is 1.59. The molecule has 12 heavy (non-hydrogen) atoms. The van der Waals surface area contributed by atoms with Crippen molar-refractivity contribution in [2.45, 2.75) is 6.92 Å². The minimum absolute atomic E-state index is 0. The van der Waals surface area contributed by atoms with E-state index in [4.69, 9.17) is 5.11 Å². The van der Waals surface area contributed by atoms with E-state index >= 15 is 0 Å². The van der Waals surface area contributed by atoms with E-state index in [1.54, 1.807) is 0 Å². The van der Waals surface area contributed by atoms with Crippen molar-refractivity contribution < 1.29 is 46.0 Å². The molecule has 0 heterocycles. The van der Waals surface area contributed by atoms with Crippen LogP contribution in [0.3, 0.4) is 0 Å². The summed E-state index contributed by atoms with van der Waals surface area (Å²) < 4.78 is 39.0. The van der Waals surface area contributed by atoms with Crippen LogP contribution < -0.4 is 18.9 Å². The first kappa shape index (κ1) is 17.6. The quantitative estimate of drug-likeness (QED) is 0.317. The van der Waals surface area contributed by atoms with E-state index in [-0.39, 0.29) is 24.4 Å². The van der Waals surface area contributed by atoms with Crippen LogP contribution >= 0.6 is 0 Å². The number of carboxylic acid groups (broad SMARTS) is 1. The summed E-state index contributed by atoms with van der Waals surface area (Å²) in [6.07, 6.45) is 0. The van der Waals surface area contributed by atoms with Gasteiger partial charge in [0.25, 0.3) is 0 Å². The third-order valence-corrected chi connectivity index (χ3v) is 0.365. The van der Waals surface area contributed by atoms with Crippen molar-refractivity contribution in [3.05, 3.63) is 12.2 Å². The Balaban J connectivity index is -0.000000126. The molecule has 0 bridgehead atoms. The van der Waals surface area contributed by atoms with Gasteiger partial charge in [0.2, 0.25) is 0 Å². The first-order valence-corrected chi connectivity index (χ1v) is 2.40. The topological polar surface area (TPSA) is 37.3 Å². The number of aliphatic carboxylic acids is 1. The second-order valence-electron chi connectivity index (χ2n) is 1.58. The Kier molecular flexibility index (Phi) is 10.6. The molecule has 0 fully saturated rings. The Morgan fingerprint density at radius 3 is 1.42 bits per heavy atom. The van der Waals surface area contributed by atoms with E-state index in [0.29, 0.717) is 0 Å². The maximum Gasteiger partial charge on any atom is 1.00 e. The minimum atomic E-state index is -6.00. The van der Waals surface area contributed by atoms with Gasteiger partial charge in [-0.15, -0.1) is 0 Å². The van der Waals surface area contributed by atoms with E-state index in [2.05, 4.69) is 6.58 Å². The molecule has 0 aromatic rings. The Morgan fingerprint density at radius 2 is 1.42 bits per heavy atom. The molecule has 0 aromatic carbocycles. The summed E-state index contributed by atoms with van der Waals surface area (Å²) in [5.41, 5.74) is 0.176. The number of rotatable bonds is 1. The van der Waals surface area contributed by atoms with Crippen molar-refractivity contribution in [1.82, 2.24) is 0 Å². The van der Waals surface area contributed by atoms with Crippen molar-refractivity contribution in [2.24, 2.45) is 0 Å². The van der Waals surface area contributed by atoms with Crippen LogP contribution in [0.15, 0.2) is 12.2 Å². The molecule has 2 nitrogen and oxygen atoms in total. The Hall–Kier alpha value is -0.408. The number of carboxylic acids is 1. The summed E-state index contributed by atoms with van der Waals surface area (Å²) in [4.78, 5) is 9.60. The molecule has 0 spiro atoms. The zero-order valence-electron chi connectivity index (χ0n) is 6.65. The molecule has 0 aliphatic rings. The molecule has 0 rings (SSSR count). The SMILES string of the molecule is C=C(C)C(=O)O.F[B-](F)(F)F.[Li+]. The maximum absolute atomic E-state index is 9.75. The molecule has 0 aromatic heterocycles. The summed E-state index contributed by atoms with van der Waals surface area (Å²) in [6.45, 7) is 4.60. The van der Waals surface area contributed by atoms with Gasteiger partial charge in [-0.2, -0.15) is 0 Å². The van der Waals surface area contributed by atoms with E-state index in [1.165, 1.54) is 6.92 Å². The van der Waals surface area contributed by atoms with E-state index in [0.717, 1.165) is 0 Å². The van der Waals surface area contributed by atoms with E-state index < -0.39 is 13.2 Å². The van der Waals surface area contributed by atoms with Crippen molar-refractivity contribution in [2.75, 3.05) is 0 Å². The first-order chi connectivity index (χ1) is 4.64. The molecule has 0 atom stereocenters. The summed E-state index contributed by atoms with van der Waals surface area (Å²) in [6, 6.07) is 0. The zero-order chi connectivity index (χ0) is 9.65. The molecule has 0 aliphatic carbocycles. The van der Waals surface area contributed by atoms with Gasteiger partial charge < -0.3 is 22.4 Å². The third-order valence-electron chi connectivity index (χ3n) is 0.365. The molecule has 0 radical (unpaired) electrons. The summed E-state index contributed by atoms with van der Waals surface area (Å²) in [5.74, 6) is -0.935. The molecule has 0 unspecified atom stereocenters. The Bertz CT molecular complexity index is 140. The van der Waals surface area contributed by atoms with Gasteiger partial charge in [0.1, 0.15) is 0 Å².